The molecule has 0 aliphatic heterocycles. The van der Waals surface area contributed by atoms with E-state index in [0.29, 0.717) is 0 Å². The van der Waals surface area contributed by atoms with Gasteiger partial charge in [-0.3, -0.25) is 0 Å². The third kappa shape index (κ3) is 3.44. The highest BCUT2D eigenvalue weighted by molar-refractivity contribution is 7.27. The van der Waals surface area contributed by atoms with E-state index in [1.165, 1.54) is 40.0 Å². The fraction of sp³-hybridized carbons (Fsp3) is 0.333. The van der Waals surface area contributed by atoms with Crippen LogP contribution in [0.5, 0.6) is 0 Å². The number of hydrogen-bond acceptors (Lipinski definition) is 6. The van der Waals surface area contributed by atoms with Gasteiger partial charge in [-0.05, 0) is 61.1 Å². The molecule has 5 aromatic rings. The minimum Gasteiger partial charge on any atom is -0.235 e. The quantitative estimate of drug-likeness (QED) is 0.249. The standard InChI is InChI=1S/C24H24N2S4/c1-5-13-9-21(27-17(13)7-3)23-25-15-11-20-16(12-19(15)29-23)26-24(30-20)22-10-14(6-2)18(8-4)28-22/h9-12H,5-8H2,1-4H3. The molecule has 5 rings (SSSR count). The zero-order valence-corrected chi connectivity index (χ0v) is 20.9. The third-order valence-corrected chi connectivity index (χ3v) is 10.5. The van der Waals surface area contributed by atoms with Gasteiger partial charge in [0, 0.05) is 9.75 Å². The number of nitrogens with zero attached hydrogens (tertiary/aromatic N) is 2. The molecule has 0 aliphatic carbocycles. The Morgan fingerprint density at radius 1 is 0.567 bits per heavy atom. The predicted octanol–water partition coefficient (Wildman–Crippen LogP) is 8.61. The molecule has 0 N–H and O–H groups in total. The summed E-state index contributed by atoms with van der Waals surface area (Å²) in [6.45, 7) is 8.96. The van der Waals surface area contributed by atoms with Crippen molar-refractivity contribution < 1.29 is 0 Å². The Bertz CT molecular complexity index is 1150. The van der Waals surface area contributed by atoms with Crippen LogP contribution in [0.15, 0.2) is 24.3 Å². The van der Waals surface area contributed by atoms with Gasteiger partial charge < -0.3 is 0 Å². The second kappa shape index (κ2) is 8.15. The van der Waals surface area contributed by atoms with E-state index in [0.717, 1.165) is 46.7 Å². The van der Waals surface area contributed by atoms with Crippen molar-refractivity contribution in [2.45, 2.75) is 53.4 Å². The number of aromatic nitrogens is 2. The first-order valence-corrected chi connectivity index (χ1v) is 13.8. The van der Waals surface area contributed by atoms with Crippen LogP contribution in [0.4, 0.5) is 0 Å². The van der Waals surface area contributed by atoms with Crippen LogP contribution >= 0.6 is 45.3 Å². The summed E-state index contributed by atoms with van der Waals surface area (Å²) in [6.07, 6.45) is 4.39. The number of rotatable bonds is 6. The molecule has 0 unspecified atom stereocenters. The molecule has 0 saturated heterocycles. The molecule has 4 heterocycles. The zero-order chi connectivity index (χ0) is 20.8. The van der Waals surface area contributed by atoms with E-state index >= 15 is 0 Å². The first kappa shape index (κ1) is 20.3. The third-order valence-electron chi connectivity index (χ3n) is 5.52. The molecule has 2 nitrogen and oxygen atoms in total. The summed E-state index contributed by atoms with van der Waals surface area (Å²) >= 11 is 7.39. The number of benzene rings is 1. The molecule has 154 valence electrons. The molecular weight excluding hydrogens is 445 g/mol. The second-order valence-corrected chi connectivity index (χ2v) is 11.7. The number of thiazole rings is 2. The number of aryl methyl sites for hydroxylation is 4. The van der Waals surface area contributed by atoms with E-state index in [2.05, 4.69) is 52.0 Å². The lowest BCUT2D eigenvalue weighted by Gasteiger charge is -1.92. The molecule has 6 heteroatoms. The van der Waals surface area contributed by atoms with E-state index in [9.17, 15) is 0 Å². The van der Waals surface area contributed by atoms with Crippen molar-refractivity contribution in [2.24, 2.45) is 0 Å². The van der Waals surface area contributed by atoms with Gasteiger partial charge in [0.05, 0.1) is 30.2 Å². The molecule has 30 heavy (non-hydrogen) atoms. The summed E-state index contributed by atoms with van der Waals surface area (Å²) in [5.74, 6) is 0. The highest BCUT2D eigenvalue weighted by Gasteiger charge is 2.16. The van der Waals surface area contributed by atoms with Gasteiger partial charge in [0.2, 0.25) is 0 Å². The topological polar surface area (TPSA) is 25.8 Å². The van der Waals surface area contributed by atoms with E-state index < -0.39 is 0 Å². The van der Waals surface area contributed by atoms with Crippen molar-refractivity contribution in [2.75, 3.05) is 0 Å². The maximum atomic E-state index is 4.99. The van der Waals surface area contributed by atoms with Crippen LogP contribution in [-0.4, -0.2) is 9.97 Å². The molecular formula is C24H24N2S4. The van der Waals surface area contributed by atoms with Gasteiger partial charge in [-0.1, -0.05) is 27.7 Å². The fourth-order valence-electron chi connectivity index (χ4n) is 3.90. The fourth-order valence-corrected chi connectivity index (χ4v) is 8.34. The Hall–Kier alpha value is -1.60. The lowest BCUT2D eigenvalue weighted by molar-refractivity contribution is 1.07. The average Bonchev–Trinajstić information content (AvgIpc) is 3.53. The van der Waals surface area contributed by atoms with Gasteiger partial charge in [0.25, 0.3) is 0 Å². The van der Waals surface area contributed by atoms with Gasteiger partial charge in [0.1, 0.15) is 10.0 Å². The Kier molecular flexibility index (Phi) is 5.52. The molecule has 0 amide bonds. The van der Waals surface area contributed by atoms with Gasteiger partial charge in [-0.15, -0.1) is 45.3 Å². The molecule has 0 bridgehead atoms. The summed E-state index contributed by atoms with van der Waals surface area (Å²) in [5.41, 5.74) is 5.13. The monoisotopic (exact) mass is 468 g/mol. The van der Waals surface area contributed by atoms with Crippen molar-refractivity contribution >= 4 is 65.8 Å². The van der Waals surface area contributed by atoms with Crippen molar-refractivity contribution in [3.63, 3.8) is 0 Å². The average molecular weight is 469 g/mol. The second-order valence-electron chi connectivity index (χ2n) is 7.36. The Labute approximate surface area is 193 Å². The largest absolute Gasteiger partial charge is 0.235 e. The van der Waals surface area contributed by atoms with Crippen LogP contribution in [0.2, 0.25) is 0 Å². The molecule has 0 spiro atoms. The first-order chi connectivity index (χ1) is 14.6. The van der Waals surface area contributed by atoms with Crippen LogP contribution in [0.3, 0.4) is 0 Å². The van der Waals surface area contributed by atoms with Crippen LogP contribution in [0, 0.1) is 0 Å². The summed E-state index contributed by atoms with van der Waals surface area (Å²) < 4.78 is 2.46. The van der Waals surface area contributed by atoms with E-state index in [1.807, 2.05) is 22.7 Å². The highest BCUT2D eigenvalue weighted by atomic mass is 32.1. The van der Waals surface area contributed by atoms with Crippen molar-refractivity contribution in [3.8, 4) is 19.8 Å². The van der Waals surface area contributed by atoms with Crippen LogP contribution in [0.1, 0.15) is 48.6 Å². The van der Waals surface area contributed by atoms with Crippen molar-refractivity contribution in [3.05, 3.63) is 45.1 Å². The molecule has 0 fully saturated rings. The molecule has 4 aromatic heterocycles. The smallest absolute Gasteiger partial charge is 0.134 e. The van der Waals surface area contributed by atoms with Crippen LogP contribution < -0.4 is 0 Å². The number of hydrogen-bond donors (Lipinski definition) is 0. The summed E-state index contributed by atoms with van der Waals surface area (Å²) in [6, 6.07) is 9.15. The molecule has 0 saturated carbocycles. The first-order valence-electron chi connectivity index (χ1n) is 10.6. The van der Waals surface area contributed by atoms with E-state index in [4.69, 9.17) is 9.97 Å². The Morgan fingerprint density at radius 3 is 1.33 bits per heavy atom. The van der Waals surface area contributed by atoms with Crippen molar-refractivity contribution in [1.29, 1.82) is 0 Å². The summed E-state index contributed by atoms with van der Waals surface area (Å²) in [7, 11) is 0. The lowest BCUT2D eigenvalue weighted by atomic mass is 10.1. The molecule has 0 atom stereocenters. The van der Waals surface area contributed by atoms with E-state index in [1.54, 1.807) is 22.7 Å². The minimum atomic E-state index is 1.09. The van der Waals surface area contributed by atoms with Gasteiger partial charge in [0.15, 0.2) is 0 Å². The van der Waals surface area contributed by atoms with Gasteiger partial charge >= 0.3 is 0 Å². The number of fused-ring (bicyclic) bond motifs is 2. The zero-order valence-electron chi connectivity index (χ0n) is 17.7. The summed E-state index contributed by atoms with van der Waals surface area (Å²) in [5, 5.41) is 2.28. The Morgan fingerprint density at radius 2 is 1.00 bits per heavy atom. The van der Waals surface area contributed by atoms with E-state index in [-0.39, 0.29) is 0 Å². The van der Waals surface area contributed by atoms with Gasteiger partial charge in [-0.2, -0.15) is 0 Å². The van der Waals surface area contributed by atoms with Crippen molar-refractivity contribution in [1.82, 2.24) is 9.97 Å². The Balaban J connectivity index is 1.55. The number of thiophene rings is 2. The summed E-state index contributed by atoms with van der Waals surface area (Å²) in [4.78, 5) is 15.6. The minimum absolute atomic E-state index is 1.09. The maximum absolute atomic E-state index is 4.99. The molecule has 0 aliphatic rings. The highest BCUT2D eigenvalue weighted by Crippen LogP contribution is 2.41. The van der Waals surface area contributed by atoms with Crippen LogP contribution in [0.25, 0.3) is 40.2 Å². The normalized spacial score (nSPS) is 11.9. The predicted molar refractivity (Wildman–Crippen MR) is 137 cm³/mol. The lowest BCUT2D eigenvalue weighted by Crippen LogP contribution is -1.80. The molecule has 0 radical (unpaired) electrons. The van der Waals surface area contributed by atoms with Crippen LogP contribution in [-0.2, 0) is 25.7 Å². The van der Waals surface area contributed by atoms with Gasteiger partial charge in [-0.25, -0.2) is 9.97 Å². The SMILES string of the molecule is CCc1cc(-c2nc3cc4sc(-c5cc(CC)c(CC)s5)nc4cc3s2)sc1CC. The maximum Gasteiger partial charge on any atom is 0.134 e. The molecule has 1 aromatic carbocycles.